The highest BCUT2D eigenvalue weighted by Crippen LogP contribution is 2.12. The van der Waals surface area contributed by atoms with Crippen LogP contribution in [0.2, 0.25) is 0 Å². The fourth-order valence-corrected chi connectivity index (χ4v) is 2.72. The highest BCUT2D eigenvalue weighted by Gasteiger charge is 2.29. The van der Waals surface area contributed by atoms with E-state index in [1.807, 2.05) is 30.3 Å². The third kappa shape index (κ3) is 4.97. The first-order chi connectivity index (χ1) is 11.5. The molecule has 3 amide bonds. The molecule has 7 nitrogen and oxygen atoms in total. The lowest BCUT2D eigenvalue weighted by atomic mass is 10.1. The van der Waals surface area contributed by atoms with Crippen LogP contribution in [-0.4, -0.2) is 48.0 Å². The Balaban J connectivity index is 1.98. The molecule has 0 aliphatic carbocycles. The predicted molar refractivity (Wildman–Crippen MR) is 88.0 cm³/mol. The second-order valence-corrected chi connectivity index (χ2v) is 5.86. The molecule has 1 fully saturated rings. The van der Waals surface area contributed by atoms with Gasteiger partial charge in [-0.1, -0.05) is 30.3 Å². The molecule has 0 spiro atoms. The Bertz CT molecular complexity index is 585. The van der Waals surface area contributed by atoms with Crippen LogP contribution in [0, 0.1) is 0 Å². The number of ether oxygens (including phenoxy) is 1. The van der Waals surface area contributed by atoms with Gasteiger partial charge in [-0.15, -0.1) is 0 Å². The molecule has 0 aromatic heterocycles. The van der Waals surface area contributed by atoms with E-state index in [4.69, 9.17) is 10.5 Å². The first kappa shape index (κ1) is 17.8. The number of nitrogens with one attached hydrogen (secondary N) is 1. The molecule has 1 aliphatic heterocycles. The van der Waals surface area contributed by atoms with Crippen molar-refractivity contribution in [2.75, 3.05) is 13.1 Å². The molecular weight excluding hydrogens is 310 g/mol. The summed E-state index contributed by atoms with van der Waals surface area (Å²) in [6.45, 7) is 2.92. The van der Waals surface area contributed by atoms with E-state index in [2.05, 4.69) is 5.32 Å². The molecule has 3 N–H and O–H groups in total. The molecule has 1 aromatic carbocycles. The molecule has 2 rings (SSSR count). The Morgan fingerprint density at radius 1 is 1.21 bits per heavy atom. The monoisotopic (exact) mass is 333 g/mol. The van der Waals surface area contributed by atoms with Crippen LogP contribution in [0.4, 0.5) is 4.79 Å². The summed E-state index contributed by atoms with van der Waals surface area (Å²) in [5.74, 6) is -0.879. The smallest absolute Gasteiger partial charge is 0.329 e. The lowest BCUT2D eigenvalue weighted by Crippen LogP contribution is -2.48. The predicted octanol–water partition coefficient (Wildman–Crippen LogP) is 0.820. The van der Waals surface area contributed by atoms with Gasteiger partial charge in [-0.05, 0) is 25.3 Å². The second-order valence-electron chi connectivity index (χ2n) is 5.86. The number of nitrogens with two attached hydrogens (primary N) is 1. The van der Waals surface area contributed by atoms with Gasteiger partial charge < -0.3 is 20.7 Å². The maximum absolute atomic E-state index is 12.3. The summed E-state index contributed by atoms with van der Waals surface area (Å²) in [5, 5.41) is 2.38. The Morgan fingerprint density at radius 3 is 2.42 bits per heavy atom. The Hall–Kier alpha value is -2.57. The number of amides is 3. The molecule has 0 radical (unpaired) electrons. The second kappa shape index (κ2) is 8.33. The first-order valence-electron chi connectivity index (χ1n) is 8.06. The van der Waals surface area contributed by atoms with Crippen molar-refractivity contribution in [1.29, 1.82) is 0 Å². The molecule has 1 heterocycles. The molecule has 24 heavy (non-hydrogen) atoms. The van der Waals surface area contributed by atoms with E-state index in [1.165, 1.54) is 0 Å². The third-order valence-electron chi connectivity index (χ3n) is 3.94. The van der Waals surface area contributed by atoms with Crippen LogP contribution in [0.1, 0.15) is 25.3 Å². The van der Waals surface area contributed by atoms with Gasteiger partial charge in [0.2, 0.25) is 0 Å². The van der Waals surface area contributed by atoms with Crippen LogP contribution in [0.5, 0.6) is 0 Å². The average Bonchev–Trinajstić information content (AvgIpc) is 3.08. The van der Waals surface area contributed by atoms with Gasteiger partial charge in [0.15, 0.2) is 6.10 Å². The largest absolute Gasteiger partial charge is 0.451 e. The van der Waals surface area contributed by atoms with Crippen molar-refractivity contribution >= 4 is 17.9 Å². The first-order valence-corrected chi connectivity index (χ1v) is 8.06. The number of likely N-dealkylation sites (tertiary alicyclic amines) is 1. The van der Waals surface area contributed by atoms with Gasteiger partial charge in [-0.25, -0.2) is 9.59 Å². The fraction of sp³-hybridized carbons (Fsp3) is 0.471. The number of carbonyl (C=O) groups excluding carboxylic acids is 3. The number of hydrogen-bond donors (Lipinski definition) is 2. The molecule has 7 heteroatoms. The van der Waals surface area contributed by atoms with Gasteiger partial charge in [0.1, 0.15) is 6.04 Å². The number of carbonyl (C=O) groups is 3. The number of benzene rings is 1. The molecule has 1 saturated heterocycles. The van der Waals surface area contributed by atoms with Crippen LogP contribution < -0.4 is 11.1 Å². The summed E-state index contributed by atoms with van der Waals surface area (Å²) in [7, 11) is 0. The van der Waals surface area contributed by atoms with Gasteiger partial charge >= 0.3 is 12.0 Å². The van der Waals surface area contributed by atoms with Crippen LogP contribution in [0.3, 0.4) is 0 Å². The minimum absolute atomic E-state index is 0.210. The van der Waals surface area contributed by atoms with E-state index in [9.17, 15) is 14.4 Å². The van der Waals surface area contributed by atoms with Crippen molar-refractivity contribution < 1.29 is 19.1 Å². The quantitative estimate of drug-likeness (QED) is 0.752. The Kier molecular flexibility index (Phi) is 6.17. The summed E-state index contributed by atoms with van der Waals surface area (Å²) in [4.78, 5) is 37.4. The van der Waals surface area contributed by atoms with Gasteiger partial charge in [0, 0.05) is 19.5 Å². The summed E-state index contributed by atoms with van der Waals surface area (Å²) >= 11 is 0. The minimum atomic E-state index is -0.932. The topological polar surface area (TPSA) is 102 Å². The van der Waals surface area contributed by atoms with E-state index >= 15 is 0 Å². The molecule has 0 bridgehead atoms. The Labute approximate surface area is 141 Å². The molecule has 2 atom stereocenters. The van der Waals surface area contributed by atoms with Crippen LogP contribution in [0.15, 0.2) is 30.3 Å². The summed E-state index contributed by atoms with van der Waals surface area (Å²) in [6, 6.07) is 7.45. The van der Waals surface area contributed by atoms with Crippen molar-refractivity contribution in [3.05, 3.63) is 35.9 Å². The Morgan fingerprint density at radius 2 is 1.83 bits per heavy atom. The van der Waals surface area contributed by atoms with Gasteiger partial charge in [0.25, 0.3) is 5.91 Å². The fourth-order valence-electron chi connectivity index (χ4n) is 2.72. The van der Waals surface area contributed by atoms with Crippen molar-refractivity contribution in [3.8, 4) is 0 Å². The number of primary amides is 1. The molecular formula is C17H23N3O4. The van der Waals surface area contributed by atoms with E-state index in [0.29, 0.717) is 13.1 Å². The average molecular weight is 333 g/mol. The minimum Gasteiger partial charge on any atom is -0.451 e. The summed E-state index contributed by atoms with van der Waals surface area (Å²) in [6.07, 6.45) is 1.29. The van der Waals surface area contributed by atoms with Gasteiger partial charge in [-0.3, -0.25) is 4.79 Å². The SMILES string of the molecule is C[C@@H](OC(=O)[C@H](Cc1ccccc1)NC(N)=O)C(=O)N1CCCC1. The number of hydrogen-bond acceptors (Lipinski definition) is 4. The van der Waals surface area contributed by atoms with E-state index < -0.39 is 24.1 Å². The number of urea groups is 1. The van der Waals surface area contributed by atoms with Crippen LogP contribution in [-0.2, 0) is 20.7 Å². The van der Waals surface area contributed by atoms with Crippen molar-refractivity contribution in [2.45, 2.75) is 38.3 Å². The summed E-state index contributed by atoms with van der Waals surface area (Å²) in [5.41, 5.74) is 6.00. The zero-order valence-electron chi connectivity index (χ0n) is 13.7. The van der Waals surface area contributed by atoms with Crippen molar-refractivity contribution in [2.24, 2.45) is 5.73 Å². The zero-order chi connectivity index (χ0) is 17.5. The third-order valence-corrected chi connectivity index (χ3v) is 3.94. The van der Waals surface area contributed by atoms with Crippen molar-refractivity contribution in [1.82, 2.24) is 10.2 Å². The summed E-state index contributed by atoms with van der Waals surface area (Å²) < 4.78 is 5.26. The lowest BCUT2D eigenvalue weighted by molar-refractivity contribution is -0.160. The normalized spacial score (nSPS) is 16.3. The molecule has 0 unspecified atom stereocenters. The zero-order valence-corrected chi connectivity index (χ0v) is 13.7. The van der Waals surface area contributed by atoms with Crippen LogP contribution in [0.25, 0.3) is 0 Å². The highest BCUT2D eigenvalue weighted by molar-refractivity contribution is 5.87. The molecule has 130 valence electrons. The molecule has 0 saturated carbocycles. The highest BCUT2D eigenvalue weighted by atomic mass is 16.5. The number of rotatable bonds is 6. The maximum atomic E-state index is 12.3. The van der Waals surface area contributed by atoms with Crippen molar-refractivity contribution in [3.63, 3.8) is 0 Å². The van der Waals surface area contributed by atoms with Gasteiger partial charge in [-0.2, -0.15) is 0 Å². The lowest BCUT2D eigenvalue weighted by Gasteiger charge is -2.23. The number of esters is 1. The van der Waals surface area contributed by atoms with E-state index in [0.717, 1.165) is 18.4 Å². The maximum Gasteiger partial charge on any atom is 0.329 e. The van der Waals surface area contributed by atoms with Crippen LogP contribution >= 0.6 is 0 Å². The number of nitrogens with zero attached hydrogens (tertiary/aromatic N) is 1. The molecule has 1 aromatic rings. The van der Waals surface area contributed by atoms with E-state index in [1.54, 1.807) is 11.8 Å². The molecule has 1 aliphatic rings. The van der Waals surface area contributed by atoms with Gasteiger partial charge in [0.05, 0.1) is 0 Å². The van der Waals surface area contributed by atoms with E-state index in [-0.39, 0.29) is 12.3 Å². The standard InChI is InChI=1S/C17H23N3O4/c1-12(15(21)20-9-5-6-10-20)24-16(22)14(19-17(18)23)11-13-7-3-2-4-8-13/h2-4,7-8,12,14H,5-6,9-11H2,1H3,(H3,18,19,23)/t12-,14+/m1/s1.